The SMILES string of the molecule is C=C(C)OCC(CCC)NC. The van der Waals surface area contributed by atoms with Crippen LogP contribution in [0.3, 0.4) is 0 Å². The Bertz CT molecular complexity index is 112. The first kappa shape index (κ1) is 10.5. The third kappa shape index (κ3) is 5.92. The zero-order chi connectivity index (χ0) is 8.69. The van der Waals surface area contributed by atoms with Crippen molar-refractivity contribution in [2.45, 2.75) is 32.7 Å². The number of hydrogen-bond donors (Lipinski definition) is 1. The van der Waals surface area contributed by atoms with E-state index in [4.69, 9.17) is 4.74 Å². The predicted octanol–water partition coefficient (Wildman–Crippen LogP) is 1.92. The van der Waals surface area contributed by atoms with Crippen LogP contribution in [0.15, 0.2) is 12.3 Å². The van der Waals surface area contributed by atoms with Gasteiger partial charge in [0.25, 0.3) is 0 Å². The average Bonchev–Trinajstić information content (AvgIpc) is 1.97. The molecule has 1 atom stereocenters. The minimum atomic E-state index is 0.469. The number of ether oxygens (including phenoxy) is 1. The highest BCUT2D eigenvalue weighted by Crippen LogP contribution is 1.99. The summed E-state index contributed by atoms with van der Waals surface area (Å²) in [5, 5.41) is 3.19. The monoisotopic (exact) mass is 157 g/mol. The van der Waals surface area contributed by atoms with Crippen LogP contribution in [-0.4, -0.2) is 19.7 Å². The number of nitrogens with one attached hydrogen (secondary N) is 1. The van der Waals surface area contributed by atoms with E-state index in [0.717, 1.165) is 18.8 Å². The van der Waals surface area contributed by atoms with Crippen LogP contribution in [0.2, 0.25) is 0 Å². The molecule has 0 saturated carbocycles. The molecule has 66 valence electrons. The smallest absolute Gasteiger partial charge is 0.103 e. The van der Waals surface area contributed by atoms with Gasteiger partial charge in [-0.2, -0.15) is 0 Å². The summed E-state index contributed by atoms with van der Waals surface area (Å²) in [6.07, 6.45) is 2.34. The number of likely N-dealkylation sites (N-methyl/N-ethyl adjacent to an activating group) is 1. The van der Waals surface area contributed by atoms with Gasteiger partial charge >= 0.3 is 0 Å². The average molecular weight is 157 g/mol. The molecule has 0 aromatic heterocycles. The fourth-order valence-electron chi connectivity index (χ4n) is 0.902. The zero-order valence-corrected chi connectivity index (χ0v) is 7.81. The molecule has 0 rings (SSSR count). The Morgan fingerprint density at radius 3 is 2.64 bits per heavy atom. The highest BCUT2D eigenvalue weighted by atomic mass is 16.5. The number of allylic oxidation sites excluding steroid dienone is 1. The van der Waals surface area contributed by atoms with Gasteiger partial charge in [-0.25, -0.2) is 0 Å². The molecule has 2 nitrogen and oxygen atoms in total. The molecule has 11 heavy (non-hydrogen) atoms. The van der Waals surface area contributed by atoms with Gasteiger partial charge in [0.05, 0.1) is 5.76 Å². The summed E-state index contributed by atoms with van der Waals surface area (Å²) >= 11 is 0. The van der Waals surface area contributed by atoms with Crippen LogP contribution >= 0.6 is 0 Å². The molecule has 0 aromatic rings. The third-order valence-electron chi connectivity index (χ3n) is 1.58. The molecular weight excluding hydrogens is 138 g/mol. The Hall–Kier alpha value is -0.500. The lowest BCUT2D eigenvalue weighted by Crippen LogP contribution is -2.29. The van der Waals surface area contributed by atoms with Crippen molar-refractivity contribution in [1.82, 2.24) is 5.32 Å². The van der Waals surface area contributed by atoms with Gasteiger partial charge in [0.2, 0.25) is 0 Å². The molecule has 0 spiro atoms. The first-order valence-corrected chi connectivity index (χ1v) is 4.16. The molecule has 0 bridgehead atoms. The normalized spacial score (nSPS) is 12.6. The largest absolute Gasteiger partial charge is 0.497 e. The summed E-state index contributed by atoms with van der Waals surface area (Å²) < 4.78 is 5.29. The Kier molecular flexibility index (Phi) is 5.94. The first-order chi connectivity index (χ1) is 5.20. The Morgan fingerprint density at radius 2 is 2.27 bits per heavy atom. The second-order valence-corrected chi connectivity index (χ2v) is 2.79. The molecule has 0 aliphatic carbocycles. The van der Waals surface area contributed by atoms with Gasteiger partial charge in [-0.1, -0.05) is 19.9 Å². The number of rotatable bonds is 6. The second-order valence-electron chi connectivity index (χ2n) is 2.79. The van der Waals surface area contributed by atoms with Gasteiger partial charge in [0.15, 0.2) is 0 Å². The van der Waals surface area contributed by atoms with Crippen LogP contribution in [0.25, 0.3) is 0 Å². The van der Waals surface area contributed by atoms with Crippen molar-refractivity contribution in [3.8, 4) is 0 Å². The summed E-state index contributed by atoms with van der Waals surface area (Å²) in [6, 6.07) is 0.469. The Labute approximate surface area is 69.6 Å². The molecule has 0 fully saturated rings. The minimum Gasteiger partial charge on any atom is -0.497 e. The molecule has 0 radical (unpaired) electrons. The van der Waals surface area contributed by atoms with Crippen molar-refractivity contribution < 1.29 is 4.74 Å². The van der Waals surface area contributed by atoms with E-state index in [1.54, 1.807) is 0 Å². The lowest BCUT2D eigenvalue weighted by Gasteiger charge is -2.15. The molecule has 0 aliphatic heterocycles. The van der Waals surface area contributed by atoms with E-state index < -0.39 is 0 Å². The molecule has 2 heteroatoms. The van der Waals surface area contributed by atoms with E-state index in [-0.39, 0.29) is 0 Å². The van der Waals surface area contributed by atoms with Crippen molar-refractivity contribution in [3.05, 3.63) is 12.3 Å². The molecule has 0 saturated heterocycles. The zero-order valence-electron chi connectivity index (χ0n) is 7.81. The van der Waals surface area contributed by atoms with Crippen molar-refractivity contribution in [1.29, 1.82) is 0 Å². The summed E-state index contributed by atoms with van der Waals surface area (Å²) in [5.74, 6) is 0.793. The molecule has 1 unspecified atom stereocenters. The van der Waals surface area contributed by atoms with Gasteiger partial charge in [0.1, 0.15) is 6.61 Å². The van der Waals surface area contributed by atoms with Crippen LogP contribution in [0.4, 0.5) is 0 Å². The highest BCUT2D eigenvalue weighted by molar-refractivity contribution is 4.75. The molecule has 0 aliphatic rings. The molecular formula is C9H19NO. The van der Waals surface area contributed by atoms with Gasteiger partial charge < -0.3 is 10.1 Å². The fourth-order valence-corrected chi connectivity index (χ4v) is 0.902. The Morgan fingerprint density at radius 1 is 1.64 bits per heavy atom. The van der Waals surface area contributed by atoms with Crippen LogP contribution in [0.5, 0.6) is 0 Å². The standard InChI is InChI=1S/C9H19NO/c1-5-6-9(10-4)7-11-8(2)3/h9-10H,2,5-7H2,1,3-4H3. The molecule has 0 heterocycles. The molecule has 0 amide bonds. The van der Waals surface area contributed by atoms with Gasteiger partial charge in [-0.05, 0) is 20.4 Å². The van der Waals surface area contributed by atoms with E-state index in [1.165, 1.54) is 6.42 Å². The quantitative estimate of drug-likeness (QED) is 0.595. The third-order valence-corrected chi connectivity index (χ3v) is 1.58. The second kappa shape index (κ2) is 6.23. The van der Waals surface area contributed by atoms with Crippen molar-refractivity contribution in [2.24, 2.45) is 0 Å². The van der Waals surface area contributed by atoms with Crippen LogP contribution in [0, 0.1) is 0 Å². The van der Waals surface area contributed by atoms with Crippen LogP contribution in [-0.2, 0) is 4.74 Å². The molecule has 0 aromatic carbocycles. The van der Waals surface area contributed by atoms with Gasteiger partial charge in [-0.3, -0.25) is 0 Å². The summed E-state index contributed by atoms with van der Waals surface area (Å²) in [4.78, 5) is 0. The van der Waals surface area contributed by atoms with Crippen molar-refractivity contribution in [2.75, 3.05) is 13.7 Å². The maximum absolute atomic E-state index is 5.29. The predicted molar refractivity (Wildman–Crippen MR) is 48.5 cm³/mol. The number of hydrogen-bond acceptors (Lipinski definition) is 2. The van der Waals surface area contributed by atoms with Crippen molar-refractivity contribution in [3.63, 3.8) is 0 Å². The lowest BCUT2D eigenvalue weighted by molar-refractivity contribution is 0.180. The van der Waals surface area contributed by atoms with E-state index in [1.807, 2.05) is 14.0 Å². The maximum Gasteiger partial charge on any atom is 0.103 e. The topological polar surface area (TPSA) is 21.3 Å². The molecule has 1 N–H and O–H groups in total. The Balaban J connectivity index is 3.43. The van der Waals surface area contributed by atoms with Crippen molar-refractivity contribution >= 4 is 0 Å². The lowest BCUT2D eigenvalue weighted by atomic mass is 10.2. The maximum atomic E-state index is 5.29. The van der Waals surface area contributed by atoms with Gasteiger partial charge in [-0.15, -0.1) is 0 Å². The summed E-state index contributed by atoms with van der Waals surface area (Å²) in [6.45, 7) is 8.45. The van der Waals surface area contributed by atoms with Crippen LogP contribution in [0.1, 0.15) is 26.7 Å². The summed E-state index contributed by atoms with van der Waals surface area (Å²) in [5.41, 5.74) is 0. The first-order valence-electron chi connectivity index (χ1n) is 4.16. The highest BCUT2D eigenvalue weighted by Gasteiger charge is 2.03. The van der Waals surface area contributed by atoms with E-state index >= 15 is 0 Å². The van der Waals surface area contributed by atoms with E-state index in [2.05, 4.69) is 18.8 Å². The van der Waals surface area contributed by atoms with Crippen LogP contribution < -0.4 is 5.32 Å². The summed E-state index contributed by atoms with van der Waals surface area (Å²) in [7, 11) is 1.96. The van der Waals surface area contributed by atoms with Gasteiger partial charge in [0, 0.05) is 6.04 Å². The van der Waals surface area contributed by atoms with E-state index in [0.29, 0.717) is 6.04 Å². The minimum absolute atomic E-state index is 0.469. The van der Waals surface area contributed by atoms with E-state index in [9.17, 15) is 0 Å². The fraction of sp³-hybridized carbons (Fsp3) is 0.778.